The second kappa shape index (κ2) is 11.6. The van der Waals surface area contributed by atoms with Crippen molar-refractivity contribution >= 4 is 22.9 Å². The zero-order valence-electron chi connectivity index (χ0n) is 22.2. The molecule has 0 spiro atoms. The van der Waals surface area contributed by atoms with Crippen LogP contribution in [0.25, 0.3) is 22.2 Å². The minimum absolute atomic E-state index is 0.0940. The van der Waals surface area contributed by atoms with Gasteiger partial charge in [0.05, 0.1) is 23.9 Å². The molecule has 1 saturated carbocycles. The third kappa shape index (κ3) is 7.00. The second-order valence-corrected chi connectivity index (χ2v) is 10.8. The van der Waals surface area contributed by atoms with Crippen LogP contribution in [0.5, 0.6) is 5.75 Å². The summed E-state index contributed by atoms with van der Waals surface area (Å²) in [6, 6.07) is 17.3. The fourth-order valence-electron chi connectivity index (χ4n) is 4.87. The van der Waals surface area contributed by atoms with Crippen molar-refractivity contribution < 1.29 is 19.1 Å². The first kappa shape index (κ1) is 26.5. The first-order chi connectivity index (χ1) is 17.7. The van der Waals surface area contributed by atoms with Crippen LogP contribution < -0.4 is 15.4 Å². The van der Waals surface area contributed by atoms with E-state index in [1.807, 2.05) is 75.4 Å². The van der Waals surface area contributed by atoms with Crippen molar-refractivity contribution in [1.29, 1.82) is 0 Å². The molecule has 37 heavy (non-hydrogen) atoms. The van der Waals surface area contributed by atoms with Gasteiger partial charge in [0.25, 0.3) is 5.91 Å². The lowest BCUT2D eigenvalue weighted by Crippen LogP contribution is -2.37. The fourth-order valence-corrected chi connectivity index (χ4v) is 4.87. The van der Waals surface area contributed by atoms with Crippen molar-refractivity contribution in [2.75, 3.05) is 20.2 Å². The van der Waals surface area contributed by atoms with Crippen LogP contribution in [-0.2, 0) is 4.74 Å². The van der Waals surface area contributed by atoms with Gasteiger partial charge in [0.1, 0.15) is 11.4 Å². The average Bonchev–Trinajstić information content (AvgIpc) is 2.89. The molecule has 1 aromatic heterocycles. The zero-order valence-corrected chi connectivity index (χ0v) is 22.2. The number of aromatic nitrogens is 1. The van der Waals surface area contributed by atoms with Crippen LogP contribution in [0.15, 0.2) is 54.6 Å². The van der Waals surface area contributed by atoms with Crippen LogP contribution in [0, 0.1) is 11.8 Å². The molecule has 0 radical (unpaired) electrons. The quantitative estimate of drug-likeness (QED) is 0.415. The number of amides is 2. The van der Waals surface area contributed by atoms with Crippen LogP contribution in [0.1, 0.15) is 56.8 Å². The van der Waals surface area contributed by atoms with Crippen LogP contribution in [0.3, 0.4) is 0 Å². The number of para-hydroxylation sites is 2. The van der Waals surface area contributed by atoms with Crippen molar-refractivity contribution in [2.45, 2.75) is 52.1 Å². The molecule has 7 nitrogen and oxygen atoms in total. The van der Waals surface area contributed by atoms with Crippen molar-refractivity contribution in [2.24, 2.45) is 11.8 Å². The first-order valence-electron chi connectivity index (χ1n) is 13.0. The minimum atomic E-state index is -0.492. The van der Waals surface area contributed by atoms with Gasteiger partial charge in [-0.05, 0) is 82.6 Å². The molecule has 3 aromatic rings. The molecule has 2 aromatic carbocycles. The third-order valence-corrected chi connectivity index (χ3v) is 6.80. The summed E-state index contributed by atoms with van der Waals surface area (Å²) in [5, 5.41) is 6.89. The molecule has 0 aliphatic heterocycles. The predicted molar refractivity (Wildman–Crippen MR) is 146 cm³/mol. The molecule has 1 aliphatic carbocycles. The van der Waals surface area contributed by atoms with Crippen LogP contribution in [0.4, 0.5) is 4.79 Å². The molecule has 4 rings (SSSR count). The molecular formula is C30H37N3O4. The summed E-state index contributed by atoms with van der Waals surface area (Å²) in [4.78, 5) is 30.1. The summed E-state index contributed by atoms with van der Waals surface area (Å²) in [5.74, 6) is 1.48. The Bertz CT molecular complexity index is 1240. The molecule has 0 unspecified atom stereocenters. The van der Waals surface area contributed by atoms with Crippen LogP contribution in [-0.4, -0.2) is 42.8 Å². The molecule has 1 heterocycles. The summed E-state index contributed by atoms with van der Waals surface area (Å²) in [5.41, 5.74) is 2.45. The van der Waals surface area contributed by atoms with Gasteiger partial charge in [-0.2, -0.15) is 0 Å². The van der Waals surface area contributed by atoms with Gasteiger partial charge in [0, 0.05) is 24.0 Å². The van der Waals surface area contributed by atoms with Gasteiger partial charge >= 0.3 is 6.09 Å². The Hall–Kier alpha value is -3.61. The number of pyridine rings is 1. The monoisotopic (exact) mass is 503 g/mol. The summed E-state index contributed by atoms with van der Waals surface area (Å²) < 4.78 is 10.9. The molecule has 1 aliphatic rings. The Balaban J connectivity index is 1.37. The molecule has 0 saturated heterocycles. The van der Waals surface area contributed by atoms with Crippen LogP contribution >= 0.6 is 0 Å². The van der Waals surface area contributed by atoms with Crippen LogP contribution in [0.2, 0.25) is 0 Å². The Labute approximate surface area is 219 Å². The van der Waals surface area contributed by atoms with Gasteiger partial charge in [-0.25, -0.2) is 9.78 Å². The second-order valence-electron chi connectivity index (χ2n) is 10.8. The summed E-state index contributed by atoms with van der Waals surface area (Å²) in [7, 11) is 1.63. The molecule has 0 atom stereocenters. The van der Waals surface area contributed by atoms with E-state index in [2.05, 4.69) is 10.6 Å². The maximum Gasteiger partial charge on any atom is 0.407 e. The normalized spacial score (nSPS) is 17.7. The van der Waals surface area contributed by atoms with Crippen molar-refractivity contribution in [3.8, 4) is 17.0 Å². The molecule has 196 valence electrons. The molecule has 2 N–H and O–H groups in total. The summed E-state index contributed by atoms with van der Waals surface area (Å²) in [6.45, 7) is 6.84. The largest absolute Gasteiger partial charge is 0.496 e. The van der Waals surface area contributed by atoms with Gasteiger partial charge in [-0.15, -0.1) is 0 Å². The highest BCUT2D eigenvalue weighted by Gasteiger charge is 2.24. The maximum atomic E-state index is 13.4. The fraction of sp³-hybridized carbons (Fsp3) is 0.433. The third-order valence-electron chi connectivity index (χ3n) is 6.80. The SMILES string of the molecule is COc1ccccc1-c1cc(C(=O)NCC2CCC(CNC(=O)OC(C)(C)C)CC2)c2ccccc2n1. The zero-order chi connectivity index (χ0) is 26.4. The number of nitrogens with zero attached hydrogens (tertiary/aromatic N) is 1. The Morgan fingerprint density at radius 3 is 2.22 bits per heavy atom. The van der Waals surface area contributed by atoms with E-state index in [0.717, 1.165) is 47.9 Å². The number of alkyl carbamates (subject to hydrolysis) is 1. The van der Waals surface area contributed by atoms with E-state index in [9.17, 15) is 9.59 Å². The lowest BCUT2D eigenvalue weighted by molar-refractivity contribution is 0.0512. The van der Waals surface area contributed by atoms with Crippen molar-refractivity contribution in [3.05, 3.63) is 60.2 Å². The smallest absolute Gasteiger partial charge is 0.407 e. The van der Waals surface area contributed by atoms with Gasteiger partial charge in [-0.3, -0.25) is 4.79 Å². The number of carbonyl (C=O) groups excluding carboxylic acids is 2. The van der Waals surface area contributed by atoms with E-state index in [1.165, 1.54) is 0 Å². The molecule has 0 bridgehead atoms. The van der Waals surface area contributed by atoms with E-state index in [4.69, 9.17) is 14.5 Å². The highest BCUT2D eigenvalue weighted by molar-refractivity contribution is 6.07. The molecule has 1 fully saturated rings. The van der Waals surface area contributed by atoms with E-state index in [1.54, 1.807) is 7.11 Å². The number of carbonyl (C=O) groups is 2. The first-order valence-corrected chi connectivity index (χ1v) is 13.0. The number of hydrogen-bond acceptors (Lipinski definition) is 5. The Kier molecular flexibility index (Phi) is 8.31. The van der Waals surface area contributed by atoms with Crippen molar-refractivity contribution in [3.63, 3.8) is 0 Å². The molecule has 7 heteroatoms. The van der Waals surface area contributed by atoms with Gasteiger partial charge in [-0.1, -0.05) is 30.3 Å². The van der Waals surface area contributed by atoms with Gasteiger partial charge in [0.15, 0.2) is 0 Å². The number of benzene rings is 2. The standard InChI is InChI=1S/C30H37N3O4/c1-30(2,3)37-29(35)32-19-21-15-13-20(14-16-21)18-31-28(34)24-17-26(23-10-6-8-12-27(23)36-4)33-25-11-7-5-9-22(24)25/h5-12,17,20-21H,13-16,18-19H2,1-4H3,(H,31,34)(H,32,35). The Morgan fingerprint density at radius 2 is 1.54 bits per heavy atom. The van der Waals surface area contributed by atoms with E-state index in [-0.39, 0.29) is 12.0 Å². The highest BCUT2D eigenvalue weighted by atomic mass is 16.6. The van der Waals surface area contributed by atoms with Gasteiger partial charge in [0.2, 0.25) is 0 Å². The maximum absolute atomic E-state index is 13.4. The predicted octanol–water partition coefficient (Wildman–Crippen LogP) is 5.97. The average molecular weight is 504 g/mol. The molecule has 2 amide bonds. The number of ether oxygens (including phenoxy) is 2. The minimum Gasteiger partial charge on any atom is -0.496 e. The van der Waals surface area contributed by atoms with Gasteiger partial charge < -0.3 is 20.1 Å². The Morgan fingerprint density at radius 1 is 0.919 bits per heavy atom. The topological polar surface area (TPSA) is 89.6 Å². The highest BCUT2D eigenvalue weighted by Crippen LogP contribution is 2.32. The summed E-state index contributed by atoms with van der Waals surface area (Å²) in [6.07, 6.45) is 3.72. The van der Waals surface area contributed by atoms with E-state index >= 15 is 0 Å². The lowest BCUT2D eigenvalue weighted by atomic mass is 9.82. The van der Waals surface area contributed by atoms with E-state index in [0.29, 0.717) is 36.2 Å². The number of methoxy groups -OCH3 is 1. The molecular weight excluding hydrogens is 466 g/mol. The van der Waals surface area contributed by atoms with E-state index < -0.39 is 5.60 Å². The number of hydrogen-bond donors (Lipinski definition) is 2. The number of rotatable bonds is 7. The summed E-state index contributed by atoms with van der Waals surface area (Å²) >= 11 is 0. The number of nitrogens with one attached hydrogen (secondary N) is 2. The number of fused-ring (bicyclic) bond motifs is 1. The lowest BCUT2D eigenvalue weighted by Gasteiger charge is -2.29. The van der Waals surface area contributed by atoms with Crippen molar-refractivity contribution in [1.82, 2.24) is 15.6 Å².